The SMILES string of the molecule is CNS(=O)(=O)c1ccnn1-c1cc(Cl)ccc1Cl. The van der Waals surface area contributed by atoms with Crippen LogP contribution in [0, 0.1) is 0 Å². The molecule has 5 nitrogen and oxygen atoms in total. The molecule has 0 amide bonds. The first-order chi connectivity index (χ1) is 8.45. The largest absolute Gasteiger partial charge is 0.257 e. The van der Waals surface area contributed by atoms with Gasteiger partial charge < -0.3 is 0 Å². The lowest BCUT2D eigenvalue weighted by Gasteiger charge is -2.09. The van der Waals surface area contributed by atoms with E-state index in [-0.39, 0.29) is 5.03 Å². The van der Waals surface area contributed by atoms with Gasteiger partial charge in [-0.05, 0) is 31.3 Å². The molecule has 8 heteroatoms. The zero-order chi connectivity index (χ0) is 13.3. The van der Waals surface area contributed by atoms with Crippen molar-refractivity contribution in [3.63, 3.8) is 0 Å². The number of sulfonamides is 1. The minimum Gasteiger partial charge on any atom is -0.219 e. The summed E-state index contributed by atoms with van der Waals surface area (Å²) in [5.74, 6) is 0. The smallest absolute Gasteiger partial charge is 0.219 e. The van der Waals surface area contributed by atoms with Crippen LogP contribution in [-0.2, 0) is 10.0 Å². The molecule has 96 valence electrons. The van der Waals surface area contributed by atoms with Gasteiger partial charge in [0.05, 0.1) is 16.9 Å². The molecule has 2 aromatic rings. The second kappa shape index (κ2) is 4.89. The number of rotatable bonds is 3. The number of nitrogens with one attached hydrogen (secondary N) is 1. The summed E-state index contributed by atoms with van der Waals surface area (Å²) in [7, 11) is -2.29. The van der Waals surface area contributed by atoms with Crippen LogP contribution in [0.3, 0.4) is 0 Å². The van der Waals surface area contributed by atoms with E-state index in [0.717, 1.165) is 0 Å². The van der Waals surface area contributed by atoms with Crippen molar-refractivity contribution in [1.29, 1.82) is 0 Å². The van der Waals surface area contributed by atoms with Crippen molar-refractivity contribution in [2.45, 2.75) is 5.03 Å². The quantitative estimate of drug-likeness (QED) is 0.944. The second-order valence-corrected chi connectivity index (χ2v) is 6.06. The van der Waals surface area contributed by atoms with Gasteiger partial charge in [0, 0.05) is 5.02 Å². The maximum Gasteiger partial charge on any atom is 0.257 e. The van der Waals surface area contributed by atoms with Crippen LogP contribution in [0.1, 0.15) is 0 Å². The minimum atomic E-state index is -3.61. The highest BCUT2D eigenvalue weighted by Crippen LogP contribution is 2.26. The Morgan fingerprint density at radius 2 is 2.00 bits per heavy atom. The van der Waals surface area contributed by atoms with Crippen LogP contribution >= 0.6 is 23.2 Å². The molecule has 0 aliphatic rings. The van der Waals surface area contributed by atoms with Crippen molar-refractivity contribution >= 4 is 33.2 Å². The number of aromatic nitrogens is 2. The van der Waals surface area contributed by atoms with Crippen molar-refractivity contribution in [3.05, 3.63) is 40.5 Å². The summed E-state index contributed by atoms with van der Waals surface area (Å²) in [6.07, 6.45) is 1.38. The Labute approximate surface area is 114 Å². The van der Waals surface area contributed by atoms with Gasteiger partial charge in [0.1, 0.15) is 0 Å². The molecule has 0 spiro atoms. The van der Waals surface area contributed by atoms with Crippen LogP contribution < -0.4 is 4.72 Å². The van der Waals surface area contributed by atoms with Gasteiger partial charge in [-0.3, -0.25) is 0 Å². The highest BCUT2D eigenvalue weighted by Gasteiger charge is 2.19. The van der Waals surface area contributed by atoms with E-state index in [4.69, 9.17) is 23.2 Å². The van der Waals surface area contributed by atoms with Gasteiger partial charge in [0.2, 0.25) is 0 Å². The van der Waals surface area contributed by atoms with Crippen LogP contribution in [-0.4, -0.2) is 25.2 Å². The molecule has 1 heterocycles. The van der Waals surface area contributed by atoms with Gasteiger partial charge in [-0.2, -0.15) is 5.10 Å². The third kappa shape index (κ3) is 2.37. The highest BCUT2D eigenvalue weighted by molar-refractivity contribution is 7.89. The van der Waals surface area contributed by atoms with E-state index >= 15 is 0 Å². The molecule has 0 bridgehead atoms. The normalized spacial score (nSPS) is 11.7. The van der Waals surface area contributed by atoms with E-state index in [1.165, 1.54) is 24.0 Å². The fourth-order valence-corrected chi connectivity index (χ4v) is 2.61. The summed E-state index contributed by atoms with van der Waals surface area (Å²) >= 11 is 11.9. The lowest BCUT2D eigenvalue weighted by atomic mass is 10.3. The monoisotopic (exact) mass is 305 g/mol. The van der Waals surface area contributed by atoms with Crippen LogP contribution in [0.2, 0.25) is 10.0 Å². The first-order valence-corrected chi connectivity index (χ1v) is 7.12. The summed E-state index contributed by atoms with van der Waals surface area (Å²) in [6.45, 7) is 0. The molecule has 2 rings (SSSR count). The fraction of sp³-hybridized carbons (Fsp3) is 0.100. The van der Waals surface area contributed by atoms with E-state index in [1.54, 1.807) is 18.2 Å². The Kier molecular flexibility index (Phi) is 3.63. The average Bonchev–Trinajstić information content (AvgIpc) is 2.82. The van der Waals surface area contributed by atoms with Crippen LogP contribution in [0.25, 0.3) is 5.69 Å². The van der Waals surface area contributed by atoms with Gasteiger partial charge in [0.25, 0.3) is 10.0 Å². The van der Waals surface area contributed by atoms with Crippen molar-refractivity contribution in [2.24, 2.45) is 0 Å². The Hall–Kier alpha value is -1.08. The third-order valence-corrected chi connectivity index (χ3v) is 4.24. The molecule has 0 aliphatic carbocycles. The highest BCUT2D eigenvalue weighted by atomic mass is 35.5. The molecule has 0 unspecified atom stereocenters. The van der Waals surface area contributed by atoms with Gasteiger partial charge in [0.15, 0.2) is 5.03 Å². The molecule has 1 aromatic carbocycles. The first kappa shape index (κ1) is 13.4. The molecular formula is C10H9Cl2N3O2S. The summed E-state index contributed by atoms with van der Waals surface area (Å²) in [4.78, 5) is 0. The number of hydrogen-bond acceptors (Lipinski definition) is 3. The molecule has 1 N–H and O–H groups in total. The molecule has 1 aromatic heterocycles. The Morgan fingerprint density at radius 3 is 2.67 bits per heavy atom. The van der Waals surface area contributed by atoms with Crippen molar-refractivity contribution in [3.8, 4) is 5.69 Å². The van der Waals surface area contributed by atoms with Crippen LogP contribution in [0.15, 0.2) is 35.5 Å². The van der Waals surface area contributed by atoms with Crippen molar-refractivity contribution in [1.82, 2.24) is 14.5 Å². The van der Waals surface area contributed by atoms with E-state index in [1.807, 2.05) is 0 Å². The maximum atomic E-state index is 11.8. The standard InChI is InChI=1S/C10H9Cl2N3O2S/c1-13-18(16,17)10-4-5-14-15(10)9-6-7(11)2-3-8(9)12/h2-6,13H,1H3. The second-order valence-electron chi connectivity index (χ2n) is 3.38. The van der Waals surface area contributed by atoms with Gasteiger partial charge in [-0.1, -0.05) is 23.2 Å². The predicted octanol–water partition coefficient (Wildman–Crippen LogP) is 2.09. The average molecular weight is 306 g/mol. The molecular weight excluding hydrogens is 297 g/mol. The maximum absolute atomic E-state index is 11.8. The van der Waals surface area contributed by atoms with E-state index in [2.05, 4.69) is 9.82 Å². The number of hydrogen-bond donors (Lipinski definition) is 1. The molecule has 0 aliphatic heterocycles. The lowest BCUT2D eigenvalue weighted by Crippen LogP contribution is -2.22. The summed E-state index contributed by atoms with van der Waals surface area (Å²) in [6, 6.07) is 6.12. The van der Waals surface area contributed by atoms with E-state index < -0.39 is 10.0 Å². The predicted molar refractivity (Wildman–Crippen MR) is 69.8 cm³/mol. The van der Waals surface area contributed by atoms with Gasteiger partial charge >= 0.3 is 0 Å². The first-order valence-electron chi connectivity index (χ1n) is 4.89. The zero-order valence-electron chi connectivity index (χ0n) is 9.26. The number of halogens is 2. The molecule has 0 atom stereocenters. The van der Waals surface area contributed by atoms with Gasteiger partial charge in [-0.25, -0.2) is 17.8 Å². The summed E-state index contributed by atoms with van der Waals surface area (Å²) in [5, 5.41) is 4.75. The third-order valence-electron chi connectivity index (χ3n) is 2.29. The summed E-state index contributed by atoms with van der Waals surface area (Å²) < 4.78 is 27.1. The Bertz CT molecular complexity index is 682. The Morgan fingerprint density at radius 1 is 1.28 bits per heavy atom. The van der Waals surface area contributed by atoms with Crippen molar-refractivity contribution < 1.29 is 8.42 Å². The van der Waals surface area contributed by atoms with Crippen LogP contribution in [0.5, 0.6) is 0 Å². The molecule has 0 fully saturated rings. The van der Waals surface area contributed by atoms with Crippen LogP contribution in [0.4, 0.5) is 0 Å². The zero-order valence-corrected chi connectivity index (χ0v) is 11.6. The van der Waals surface area contributed by atoms with E-state index in [0.29, 0.717) is 15.7 Å². The molecule has 0 saturated carbocycles. The number of benzene rings is 1. The molecule has 18 heavy (non-hydrogen) atoms. The molecule has 0 radical (unpaired) electrons. The fourth-order valence-electron chi connectivity index (χ4n) is 1.43. The van der Waals surface area contributed by atoms with E-state index in [9.17, 15) is 8.42 Å². The topological polar surface area (TPSA) is 64.0 Å². The van der Waals surface area contributed by atoms with Crippen molar-refractivity contribution in [2.75, 3.05) is 7.05 Å². The minimum absolute atomic E-state index is 0.00540. The Balaban J connectivity index is 2.67. The lowest BCUT2D eigenvalue weighted by molar-refractivity contribution is 0.578. The number of nitrogens with zero attached hydrogens (tertiary/aromatic N) is 2. The van der Waals surface area contributed by atoms with Gasteiger partial charge in [-0.15, -0.1) is 0 Å². The summed E-state index contributed by atoms with van der Waals surface area (Å²) in [5.41, 5.74) is 0.406. The molecule has 0 saturated heterocycles.